The Kier molecular flexibility index (Phi) is 6.38. The van der Waals surface area contributed by atoms with Crippen molar-refractivity contribution >= 4 is 29.2 Å². The Morgan fingerprint density at radius 3 is 2.92 bits per heavy atom. The van der Waals surface area contributed by atoms with E-state index in [0.717, 1.165) is 36.6 Å². The van der Waals surface area contributed by atoms with Crippen LogP contribution in [0.25, 0.3) is 0 Å². The minimum absolute atomic E-state index is 0.0711. The standard InChI is InChI=1S/C19H27ClN4O2/c1-3-21-19(24-16-11-13-7-8-17(16)26-13)22-10-9-18(25)23-15-6-4-5-14(20)12(15)2/h4-6,13,16-17H,3,7-11H2,1-2H3,(H,23,25)(H2,21,22,24). The highest BCUT2D eigenvalue weighted by Crippen LogP contribution is 2.34. The van der Waals surface area contributed by atoms with E-state index in [2.05, 4.69) is 20.9 Å². The number of hydrogen-bond donors (Lipinski definition) is 3. The lowest BCUT2D eigenvalue weighted by Gasteiger charge is -2.22. The van der Waals surface area contributed by atoms with Crippen molar-refractivity contribution in [2.75, 3.05) is 18.4 Å². The van der Waals surface area contributed by atoms with E-state index >= 15 is 0 Å². The van der Waals surface area contributed by atoms with Crippen LogP contribution in [0.15, 0.2) is 23.2 Å². The molecule has 2 heterocycles. The minimum Gasteiger partial charge on any atom is -0.373 e. The summed E-state index contributed by atoms with van der Waals surface area (Å²) in [6.45, 7) is 5.12. The molecule has 2 aliphatic heterocycles. The van der Waals surface area contributed by atoms with Crippen molar-refractivity contribution in [3.8, 4) is 0 Å². The number of guanidine groups is 1. The predicted octanol–water partition coefficient (Wildman–Crippen LogP) is 2.85. The van der Waals surface area contributed by atoms with Gasteiger partial charge in [-0.05, 0) is 50.8 Å². The summed E-state index contributed by atoms with van der Waals surface area (Å²) in [5.41, 5.74) is 1.62. The van der Waals surface area contributed by atoms with Gasteiger partial charge in [-0.25, -0.2) is 0 Å². The van der Waals surface area contributed by atoms with Gasteiger partial charge in [0.25, 0.3) is 0 Å². The molecule has 0 saturated carbocycles. The number of amides is 1. The molecule has 26 heavy (non-hydrogen) atoms. The van der Waals surface area contributed by atoms with Crippen LogP contribution in [0.3, 0.4) is 0 Å². The number of ether oxygens (including phenoxy) is 1. The molecule has 2 saturated heterocycles. The van der Waals surface area contributed by atoms with Gasteiger partial charge >= 0.3 is 0 Å². The van der Waals surface area contributed by atoms with E-state index in [4.69, 9.17) is 16.3 Å². The number of rotatable bonds is 6. The highest BCUT2D eigenvalue weighted by molar-refractivity contribution is 6.31. The number of carbonyl (C=O) groups is 1. The second kappa shape index (κ2) is 8.73. The molecule has 0 aliphatic carbocycles. The van der Waals surface area contributed by atoms with Gasteiger partial charge in [0.2, 0.25) is 5.91 Å². The zero-order valence-electron chi connectivity index (χ0n) is 15.3. The summed E-state index contributed by atoms with van der Waals surface area (Å²) in [7, 11) is 0. The molecule has 0 spiro atoms. The maximum absolute atomic E-state index is 12.2. The molecule has 6 nitrogen and oxygen atoms in total. The molecule has 142 valence electrons. The van der Waals surface area contributed by atoms with Gasteiger partial charge < -0.3 is 20.7 Å². The number of halogens is 1. The van der Waals surface area contributed by atoms with Crippen LogP contribution in [0.1, 0.15) is 38.2 Å². The molecule has 2 fully saturated rings. The largest absolute Gasteiger partial charge is 0.373 e. The number of nitrogens with one attached hydrogen (secondary N) is 3. The van der Waals surface area contributed by atoms with Crippen LogP contribution in [0.2, 0.25) is 5.02 Å². The van der Waals surface area contributed by atoms with E-state index in [1.54, 1.807) is 0 Å². The van der Waals surface area contributed by atoms with Gasteiger partial charge in [0, 0.05) is 23.7 Å². The molecule has 2 bridgehead atoms. The monoisotopic (exact) mass is 378 g/mol. The molecule has 7 heteroatoms. The first-order chi connectivity index (χ1) is 12.6. The van der Waals surface area contributed by atoms with E-state index in [-0.39, 0.29) is 12.0 Å². The van der Waals surface area contributed by atoms with Crippen molar-refractivity contribution in [3.05, 3.63) is 28.8 Å². The second-order valence-electron chi connectivity index (χ2n) is 6.83. The highest BCUT2D eigenvalue weighted by atomic mass is 35.5. The average Bonchev–Trinajstić information content (AvgIpc) is 3.22. The van der Waals surface area contributed by atoms with Gasteiger partial charge in [0.15, 0.2) is 5.96 Å². The third-order valence-electron chi connectivity index (χ3n) is 4.92. The lowest BCUT2D eigenvalue weighted by Crippen LogP contribution is -2.47. The quantitative estimate of drug-likeness (QED) is 0.525. The van der Waals surface area contributed by atoms with Crippen molar-refractivity contribution in [1.29, 1.82) is 0 Å². The first-order valence-electron chi connectivity index (χ1n) is 9.32. The van der Waals surface area contributed by atoms with Crippen molar-refractivity contribution in [1.82, 2.24) is 10.6 Å². The fraction of sp³-hybridized carbons (Fsp3) is 0.579. The maximum atomic E-state index is 12.2. The molecule has 0 aromatic heterocycles. The van der Waals surface area contributed by atoms with Crippen LogP contribution in [0, 0.1) is 6.92 Å². The smallest absolute Gasteiger partial charge is 0.226 e. The summed E-state index contributed by atoms with van der Waals surface area (Å²) >= 11 is 6.09. The number of hydrogen-bond acceptors (Lipinski definition) is 3. The Hall–Kier alpha value is -1.79. The molecule has 3 atom stereocenters. The molecular weight excluding hydrogens is 352 g/mol. The fourth-order valence-corrected chi connectivity index (χ4v) is 3.68. The van der Waals surface area contributed by atoms with Crippen LogP contribution in [0.4, 0.5) is 5.69 Å². The SMILES string of the molecule is CCNC(=NCCC(=O)Nc1cccc(Cl)c1C)NC1CC2CCC1O2. The third-order valence-corrected chi connectivity index (χ3v) is 5.33. The lowest BCUT2D eigenvalue weighted by atomic mass is 9.96. The topological polar surface area (TPSA) is 74.8 Å². The third kappa shape index (κ3) is 4.68. The van der Waals surface area contributed by atoms with Crippen molar-refractivity contribution < 1.29 is 9.53 Å². The average molecular weight is 379 g/mol. The number of anilines is 1. The lowest BCUT2D eigenvalue weighted by molar-refractivity contribution is -0.116. The number of nitrogens with zero attached hydrogens (tertiary/aromatic N) is 1. The van der Waals surface area contributed by atoms with E-state index in [9.17, 15) is 4.79 Å². The summed E-state index contributed by atoms with van der Waals surface area (Å²) in [5, 5.41) is 10.2. The number of carbonyl (C=O) groups excluding carboxylic acids is 1. The molecule has 1 amide bonds. The summed E-state index contributed by atoms with van der Waals surface area (Å²) in [6.07, 6.45) is 4.31. The van der Waals surface area contributed by atoms with Crippen LogP contribution < -0.4 is 16.0 Å². The summed E-state index contributed by atoms with van der Waals surface area (Å²) in [6, 6.07) is 5.80. The van der Waals surface area contributed by atoms with Gasteiger partial charge in [-0.2, -0.15) is 0 Å². The van der Waals surface area contributed by atoms with Gasteiger partial charge in [-0.1, -0.05) is 17.7 Å². The molecule has 1 aromatic carbocycles. The first-order valence-corrected chi connectivity index (χ1v) is 9.70. The van der Waals surface area contributed by atoms with Crippen molar-refractivity contribution in [2.45, 2.75) is 57.8 Å². The number of fused-ring (bicyclic) bond motifs is 2. The molecular formula is C19H27ClN4O2. The Morgan fingerprint density at radius 1 is 1.38 bits per heavy atom. The van der Waals surface area contributed by atoms with Crippen LogP contribution in [0.5, 0.6) is 0 Å². The zero-order valence-corrected chi connectivity index (χ0v) is 16.1. The fourth-order valence-electron chi connectivity index (χ4n) is 3.51. The van der Waals surface area contributed by atoms with Gasteiger partial charge in [0.05, 0.1) is 24.8 Å². The molecule has 3 unspecified atom stereocenters. The molecule has 3 N–H and O–H groups in total. The normalized spacial score (nSPS) is 24.6. The molecule has 3 rings (SSSR count). The first kappa shape index (κ1) is 19.0. The Labute approximate surface area is 159 Å². The molecule has 0 radical (unpaired) electrons. The summed E-state index contributed by atoms with van der Waals surface area (Å²) in [4.78, 5) is 16.7. The zero-order chi connectivity index (χ0) is 18.5. The van der Waals surface area contributed by atoms with Gasteiger partial charge in [-0.3, -0.25) is 9.79 Å². The minimum atomic E-state index is -0.0711. The van der Waals surface area contributed by atoms with E-state index in [0.29, 0.717) is 30.1 Å². The summed E-state index contributed by atoms with van der Waals surface area (Å²) in [5.74, 6) is 0.679. The van der Waals surface area contributed by atoms with Gasteiger partial charge in [0.1, 0.15) is 0 Å². The molecule has 2 aliphatic rings. The summed E-state index contributed by atoms with van der Waals surface area (Å²) < 4.78 is 5.87. The van der Waals surface area contributed by atoms with E-state index in [1.165, 1.54) is 6.42 Å². The van der Waals surface area contributed by atoms with Gasteiger partial charge in [-0.15, -0.1) is 0 Å². The van der Waals surface area contributed by atoms with Crippen LogP contribution in [-0.2, 0) is 9.53 Å². The van der Waals surface area contributed by atoms with Crippen molar-refractivity contribution in [2.24, 2.45) is 4.99 Å². The van der Waals surface area contributed by atoms with Crippen molar-refractivity contribution in [3.63, 3.8) is 0 Å². The van der Waals surface area contributed by atoms with Crippen LogP contribution >= 0.6 is 11.6 Å². The van der Waals surface area contributed by atoms with Crippen LogP contribution in [-0.4, -0.2) is 43.2 Å². The Balaban J connectivity index is 1.49. The number of benzene rings is 1. The van der Waals surface area contributed by atoms with E-state index in [1.807, 2.05) is 32.0 Å². The Bertz CT molecular complexity index is 680. The predicted molar refractivity (Wildman–Crippen MR) is 105 cm³/mol. The van der Waals surface area contributed by atoms with E-state index < -0.39 is 0 Å². The molecule has 1 aromatic rings. The Morgan fingerprint density at radius 2 is 2.23 bits per heavy atom. The second-order valence-corrected chi connectivity index (χ2v) is 7.24. The maximum Gasteiger partial charge on any atom is 0.226 e. The number of aliphatic imine (C=N–C) groups is 1. The highest BCUT2D eigenvalue weighted by Gasteiger charge is 2.41.